The van der Waals surface area contributed by atoms with Gasteiger partial charge < -0.3 is 15.0 Å². The lowest BCUT2D eigenvalue weighted by molar-refractivity contribution is -0.140. The lowest BCUT2D eigenvalue weighted by atomic mass is 10.0. The molecule has 1 unspecified atom stereocenters. The number of carbonyl (C=O) groups excluding carboxylic acids is 1. The Kier molecular flexibility index (Phi) is 6.22. The summed E-state index contributed by atoms with van der Waals surface area (Å²) in [6.07, 6.45) is -2.09. The maximum Gasteiger partial charge on any atom is 0.389 e. The highest BCUT2D eigenvalue weighted by Crippen LogP contribution is 2.35. The minimum absolute atomic E-state index is 0.1000. The molecule has 9 nitrogen and oxygen atoms in total. The summed E-state index contributed by atoms with van der Waals surface area (Å²) in [5, 5.41) is 15.5. The van der Waals surface area contributed by atoms with Crippen LogP contribution in [0.25, 0.3) is 16.8 Å². The van der Waals surface area contributed by atoms with Gasteiger partial charge in [0.15, 0.2) is 5.65 Å². The Balaban J connectivity index is 1.77. The molecule has 0 amide bonds. The molecule has 0 saturated heterocycles. The molecule has 0 aliphatic rings. The molecule has 12 heteroatoms. The summed E-state index contributed by atoms with van der Waals surface area (Å²) in [5.74, 6) is 0.923. The van der Waals surface area contributed by atoms with Crippen LogP contribution in [0, 0.1) is 0 Å². The van der Waals surface area contributed by atoms with Gasteiger partial charge >= 0.3 is 6.18 Å². The van der Waals surface area contributed by atoms with Gasteiger partial charge in [0.25, 0.3) is 0 Å². The van der Waals surface area contributed by atoms with E-state index in [0.29, 0.717) is 23.6 Å². The largest absolute Gasteiger partial charge is 0.389 e. The van der Waals surface area contributed by atoms with Crippen LogP contribution in [0.5, 0.6) is 0 Å². The Bertz CT molecular complexity index is 1310. The first kappa shape index (κ1) is 23.2. The molecular weight excluding hydrogens is 449 g/mol. The topological polar surface area (TPSA) is 93.2 Å². The predicted molar refractivity (Wildman–Crippen MR) is 121 cm³/mol. The first-order valence-corrected chi connectivity index (χ1v) is 10.4. The van der Waals surface area contributed by atoms with E-state index in [1.54, 1.807) is 46.5 Å². The van der Waals surface area contributed by atoms with E-state index < -0.39 is 18.5 Å². The van der Waals surface area contributed by atoms with Crippen LogP contribution in [0.1, 0.15) is 24.6 Å². The maximum atomic E-state index is 13.2. The summed E-state index contributed by atoms with van der Waals surface area (Å²) in [6.45, 7) is 0. The molecule has 0 radical (unpaired) electrons. The van der Waals surface area contributed by atoms with Crippen molar-refractivity contribution < 1.29 is 18.0 Å². The van der Waals surface area contributed by atoms with Gasteiger partial charge in [-0.25, -0.2) is 4.98 Å². The van der Waals surface area contributed by atoms with Crippen molar-refractivity contribution in [3.05, 3.63) is 48.5 Å². The summed E-state index contributed by atoms with van der Waals surface area (Å²) in [7, 11) is 5.37. The van der Waals surface area contributed by atoms with E-state index in [0.717, 1.165) is 16.9 Å². The number of nitrogens with zero attached hydrogens (tertiary/aromatic N) is 7. The Morgan fingerprint density at radius 1 is 1.12 bits per heavy atom. The number of hydrogen-bond donors (Lipinski definition) is 1. The molecule has 0 bridgehead atoms. The van der Waals surface area contributed by atoms with Crippen LogP contribution in [0.2, 0.25) is 0 Å². The Morgan fingerprint density at radius 2 is 1.91 bits per heavy atom. The Labute approximate surface area is 193 Å². The van der Waals surface area contributed by atoms with Crippen molar-refractivity contribution in [3.63, 3.8) is 0 Å². The summed E-state index contributed by atoms with van der Waals surface area (Å²) in [5.41, 5.74) is 2.00. The monoisotopic (exact) mass is 472 g/mol. The van der Waals surface area contributed by atoms with Crippen LogP contribution >= 0.6 is 0 Å². The average Bonchev–Trinajstić information content (AvgIpc) is 3.38. The van der Waals surface area contributed by atoms with E-state index >= 15 is 0 Å². The maximum absolute atomic E-state index is 13.2. The van der Waals surface area contributed by atoms with Crippen LogP contribution in [0.15, 0.2) is 42.7 Å². The zero-order valence-corrected chi connectivity index (χ0v) is 18.8. The van der Waals surface area contributed by atoms with Gasteiger partial charge in [-0.05, 0) is 35.4 Å². The number of aryl methyl sites for hydroxylation is 1. The molecule has 0 spiro atoms. The van der Waals surface area contributed by atoms with E-state index in [4.69, 9.17) is 0 Å². The fraction of sp³-hybridized carbons (Fsp3) is 0.318. The van der Waals surface area contributed by atoms with Crippen molar-refractivity contribution in [2.75, 3.05) is 24.3 Å². The number of pyridine rings is 2. The fourth-order valence-electron chi connectivity index (χ4n) is 3.76. The number of nitrogens with one attached hydrogen (secondary N) is 1. The number of fused-ring (bicyclic) bond motifs is 1. The number of anilines is 3. The number of aromatic nitrogens is 6. The van der Waals surface area contributed by atoms with Crippen molar-refractivity contribution in [2.45, 2.75) is 24.9 Å². The molecule has 1 N–H and O–H groups in total. The van der Waals surface area contributed by atoms with Crippen molar-refractivity contribution in [3.8, 4) is 11.1 Å². The molecular formula is C22H23F3N8O. The molecule has 4 aromatic heterocycles. The Morgan fingerprint density at radius 3 is 2.56 bits per heavy atom. The second kappa shape index (κ2) is 9.12. The molecule has 1 atom stereocenters. The van der Waals surface area contributed by atoms with E-state index in [9.17, 15) is 18.0 Å². The van der Waals surface area contributed by atoms with Gasteiger partial charge in [0.2, 0.25) is 0 Å². The molecule has 4 rings (SSSR count). The number of alkyl halides is 3. The van der Waals surface area contributed by atoms with Gasteiger partial charge in [-0.15, -0.1) is 10.2 Å². The third-order valence-corrected chi connectivity index (χ3v) is 5.36. The molecule has 34 heavy (non-hydrogen) atoms. The average molecular weight is 472 g/mol. The first-order chi connectivity index (χ1) is 16.2. The van der Waals surface area contributed by atoms with Crippen molar-refractivity contribution >= 4 is 29.4 Å². The number of halogens is 3. The second-order valence-electron chi connectivity index (χ2n) is 8.06. The van der Waals surface area contributed by atoms with Gasteiger partial charge in [0.1, 0.15) is 29.6 Å². The Hall–Kier alpha value is -3.96. The van der Waals surface area contributed by atoms with E-state index in [1.165, 1.54) is 0 Å². The van der Waals surface area contributed by atoms with Crippen LogP contribution in [-0.2, 0) is 11.8 Å². The third kappa shape index (κ3) is 4.85. The zero-order valence-electron chi connectivity index (χ0n) is 18.8. The van der Waals surface area contributed by atoms with E-state index in [-0.39, 0.29) is 12.2 Å². The molecule has 178 valence electrons. The smallest absolute Gasteiger partial charge is 0.364 e. The van der Waals surface area contributed by atoms with Gasteiger partial charge in [0, 0.05) is 45.7 Å². The van der Waals surface area contributed by atoms with Gasteiger partial charge in [-0.1, -0.05) is 0 Å². The number of carbonyl (C=O) groups is 1. The van der Waals surface area contributed by atoms with Gasteiger partial charge in [0.05, 0.1) is 12.6 Å². The highest BCUT2D eigenvalue weighted by Gasteiger charge is 2.35. The molecule has 0 aromatic carbocycles. The molecule has 0 fully saturated rings. The van der Waals surface area contributed by atoms with E-state index in [2.05, 4.69) is 25.6 Å². The molecule has 0 aliphatic carbocycles. The summed E-state index contributed by atoms with van der Waals surface area (Å²) in [6, 6.07) is 9.09. The van der Waals surface area contributed by atoms with Crippen LogP contribution in [-0.4, -0.2) is 55.9 Å². The van der Waals surface area contributed by atoms with Crippen molar-refractivity contribution in [1.82, 2.24) is 29.4 Å². The highest BCUT2D eigenvalue weighted by atomic mass is 19.4. The lowest BCUT2D eigenvalue weighted by Gasteiger charge is -2.20. The molecule has 4 aromatic rings. The number of rotatable bonds is 8. The standard InChI is InChI=1S/C22H23F3N8O/c1-31(2)20-12-16(14-4-7-26-17(10-14)28-18-5-8-27-32(18)3)11-19-29-30-21(33(19)20)15(6-9-34)13-22(23,24)25/h4-5,7-12,15H,6,13H2,1-3H3,(H,26,28). The molecule has 0 saturated carbocycles. The normalized spacial score (nSPS) is 12.6. The lowest BCUT2D eigenvalue weighted by Crippen LogP contribution is -2.19. The number of aldehydes is 1. The van der Waals surface area contributed by atoms with E-state index in [1.807, 2.05) is 31.3 Å². The quantitative estimate of drug-likeness (QED) is 0.388. The predicted octanol–water partition coefficient (Wildman–Crippen LogP) is 3.96. The summed E-state index contributed by atoms with van der Waals surface area (Å²) < 4.78 is 42.7. The minimum Gasteiger partial charge on any atom is -0.364 e. The molecule has 0 aliphatic heterocycles. The first-order valence-electron chi connectivity index (χ1n) is 10.4. The molecule has 4 heterocycles. The summed E-state index contributed by atoms with van der Waals surface area (Å²) >= 11 is 0. The van der Waals surface area contributed by atoms with Crippen LogP contribution < -0.4 is 10.2 Å². The fourth-order valence-corrected chi connectivity index (χ4v) is 3.76. The van der Waals surface area contributed by atoms with Crippen molar-refractivity contribution in [1.29, 1.82) is 0 Å². The third-order valence-electron chi connectivity index (χ3n) is 5.36. The minimum atomic E-state index is -4.44. The second-order valence-corrected chi connectivity index (χ2v) is 8.06. The SMILES string of the molecule is CN(C)c1cc(-c2ccnc(Nc3ccnn3C)c2)cc2nnc(C(CC=O)CC(F)(F)F)n12. The number of hydrogen-bond acceptors (Lipinski definition) is 7. The van der Waals surface area contributed by atoms with Gasteiger partial charge in [-0.3, -0.25) is 9.08 Å². The van der Waals surface area contributed by atoms with Crippen molar-refractivity contribution in [2.24, 2.45) is 7.05 Å². The zero-order chi connectivity index (χ0) is 24.5. The van der Waals surface area contributed by atoms with Crippen LogP contribution in [0.4, 0.5) is 30.6 Å². The van der Waals surface area contributed by atoms with Gasteiger partial charge in [-0.2, -0.15) is 18.3 Å². The highest BCUT2D eigenvalue weighted by molar-refractivity contribution is 5.74. The summed E-state index contributed by atoms with van der Waals surface area (Å²) in [4.78, 5) is 17.2. The van der Waals surface area contributed by atoms with Crippen LogP contribution in [0.3, 0.4) is 0 Å².